The van der Waals surface area contributed by atoms with Crippen molar-refractivity contribution in [3.05, 3.63) is 52.1 Å². The maximum atomic E-state index is 13.2. The number of allylic oxidation sites excluding steroid dienone is 2. The number of benzene rings is 1. The zero-order chi connectivity index (χ0) is 9.80. The number of hydrogen-bond acceptors (Lipinski definition) is 1. The van der Waals surface area contributed by atoms with Gasteiger partial charge in [0.25, 0.3) is 0 Å². The summed E-state index contributed by atoms with van der Waals surface area (Å²) in [5, 5.41) is 0. The minimum absolute atomic E-state index is 0.0478. The molecule has 0 saturated heterocycles. The Hall–Kier alpha value is -0.970. The van der Waals surface area contributed by atoms with Crippen LogP contribution in [0.1, 0.15) is 0 Å². The van der Waals surface area contributed by atoms with E-state index in [4.69, 9.17) is 4.74 Å². The molecular weight excluding hydrogens is 294 g/mol. The third kappa shape index (κ3) is 2.29. The molecule has 0 aliphatic carbocycles. The molecule has 1 aromatic carbocycles. The van der Waals surface area contributed by atoms with Crippen LogP contribution in [0, 0.1) is 5.82 Å². The lowest BCUT2D eigenvalue weighted by molar-refractivity contribution is 0.413. The summed E-state index contributed by atoms with van der Waals surface area (Å²) in [6, 6.07) is 6.40. The summed E-state index contributed by atoms with van der Waals surface area (Å²) in [6.07, 6.45) is 3.78. The predicted octanol–water partition coefficient (Wildman–Crippen LogP) is 3.39. The lowest BCUT2D eigenvalue weighted by atomic mass is 10.3. The lowest BCUT2D eigenvalue weighted by Crippen LogP contribution is -1.95. The van der Waals surface area contributed by atoms with E-state index in [-0.39, 0.29) is 32.3 Å². The van der Waals surface area contributed by atoms with Crippen LogP contribution in [0.15, 0.2) is 46.3 Å². The molecule has 0 saturated carbocycles. The van der Waals surface area contributed by atoms with E-state index < -0.39 is 0 Å². The highest BCUT2D eigenvalue weighted by molar-refractivity contribution is 14.2. The Labute approximate surface area is 91.6 Å². The average Bonchev–Trinajstić information content (AvgIpc) is 2.23. The van der Waals surface area contributed by atoms with E-state index in [0.29, 0.717) is 5.76 Å². The monoisotopic (exact) mass is 302 g/mol. The summed E-state index contributed by atoms with van der Waals surface area (Å²) in [5.74, 6) is 0.639. The fourth-order valence-electron chi connectivity index (χ4n) is 1.02. The van der Waals surface area contributed by atoms with Crippen molar-refractivity contribution in [3.8, 4) is 5.75 Å². The zero-order valence-electron chi connectivity index (χ0n) is 7.28. The Morgan fingerprint density at radius 3 is 2.79 bits per heavy atom. The topological polar surface area (TPSA) is 9.23 Å². The van der Waals surface area contributed by atoms with Gasteiger partial charge in [0.2, 0.25) is 0 Å². The van der Waals surface area contributed by atoms with Crippen LogP contribution in [-0.4, -0.2) is 4.01 Å². The maximum absolute atomic E-state index is 13.2. The van der Waals surface area contributed by atoms with Gasteiger partial charge in [-0.1, -0.05) is 32.9 Å². The molecule has 2 rings (SSSR count). The van der Waals surface area contributed by atoms with Gasteiger partial charge in [-0.3, -0.25) is 0 Å². The van der Waals surface area contributed by atoms with Gasteiger partial charge in [0.15, 0.2) is 11.6 Å². The first-order valence-corrected chi connectivity index (χ1v) is 6.60. The van der Waals surface area contributed by atoms with Crippen molar-refractivity contribution in [1.29, 1.82) is 0 Å². The van der Waals surface area contributed by atoms with Gasteiger partial charge < -0.3 is 4.74 Å². The summed E-state index contributed by atoms with van der Waals surface area (Å²) in [6.45, 7) is 0. The smallest absolute Gasteiger partial charge is 0.165 e. The molecule has 0 fully saturated rings. The number of ether oxygens (including phenoxy) is 1. The lowest BCUT2D eigenvalue weighted by Gasteiger charge is -2.07. The summed E-state index contributed by atoms with van der Waals surface area (Å²) in [4.78, 5) is 0. The molecule has 1 aromatic rings. The molecule has 0 unspecified atom stereocenters. The first-order chi connectivity index (χ1) is 6.86. The number of halogens is 2. The van der Waals surface area contributed by atoms with Gasteiger partial charge in [-0.15, -0.1) is 0 Å². The van der Waals surface area contributed by atoms with Crippen LogP contribution in [-0.2, 0) is 0 Å². The Bertz CT molecular complexity index is 421. The van der Waals surface area contributed by atoms with Crippen molar-refractivity contribution in [1.82, 2.24) is 0 Å². The van der Waals surface area contributed by atoms with E-state index in [0.717, 1.165) is 0 Å². The maximum Gasteiger partial charge on any atom is 0.165 e. The number of hydrogen-bond donors (Lipinski definition) is 0. The van der Waals surface area contributed by atoms with Crippen molar-refractivity contribution in [2.24, 2.45) is 0 Å². The minimum atomic E-state index is -0.331. The molecule has 1 heterocycles. The molecule has 1 aliphatic rings. The largest absolute Gasteiger partial charge is 0.454 e. The fourth-order valence-corrected chi connectivity index (χ4v) is 2.38. The fraction of sp³-hybridized carbons (Fsp3) is 0. The molecule has 0 atom stereocenters. The van der Waals surface area contributed by atoms with E-state index in [9.17, 15) is 4.39 Å². The molecule has 1 aliphatic heterocycles. The number of rotatable bonds is 2. The molecule has 0 amide bonds. The molecule has 0 N–H and O–H groups in total. The van der Waals surface area contributed by atoms with Crippen molar-refractivity contribution in [2.45, 2.75) is 0 Å². The molecule has 0 radical (unpaired) electrons. The van der Waals surface area contributed by atoms with E-state index in [1.54, 1.807) is 18.2 Å². The van der Waals surface area contributed by atoms with Gasteiger partial charge >= 0.3 is 0 Å². The quantitative estimate of drug-likeness (QED) is 0.761. The van der Waals surface area contributed by atoms with Crippen LogP contribution in [0.3, 0.4) is 0 Å². The summed E-state index contributed by atoms with van der Waals surface area (Å²) in [5.41, 5.74) is 0. The van der Waals surface area contributed by atoms with Gasteiger partial charge in [-0.05, 0) is 32.4 Å². The molecule has 0 aromatic heterocycles. The van der Waals surface area contributed by atoms with Crippen molar-refractivity contribution >= 4 is 24.7 Å². The second-order valence-corrected chi connectivity index (χ2v) is 4.80. The molecule has 72 valence electrons. The Balaban J connectivity index is 2.19. The van der Waals surface area contributed by atoms with E-state index in [1.807, 2.05) is 12.2 Å². The second-order valence-electron chi connectivity index (χ2n) is 2.65. The molecular formula is C11H8FIO. The van der Waals surface area contributed by atoms with Gasteiger partial charge in [-0.25, -0.2) is 4.39 Å². The van der Waals surface area contributed by atoms with E-state index >= 15 is 0 Å². The van der Waals surface area contributed by atoms with Crippen LogP contribution in [0.25, 0.3) is 0 Å². The molecule has 1 nitrogen and oxygen atoms in total. The summed E-state index contributed by atoms with van der Waals surface area (Å²) >= 11 is 0.0478. The third-order valence-corrected chi connectivity index (χ3v) is 3.21. The number of para-hydroxylation sites is 1. The van der Waals surface area contributed by atoms with Crippen LogP contribution < -0.4 is 4.74 Å². The van der Waals surface area contributed by atoms with Crippen LogP contribution in [0.5, 0.6) is 5.75 Å². The molecule has 0 spiro atoms. The molecule has 0 bridgehead atoms. The Morgan fingerprint density at radius 2 is 2.07 bits per heavy atom. The van der Waals surface area contributed by atoms with Crippen molar-refractivity contribution in [3.63, 3.8) is 0 Å². The second kappa shape index (κ2) is 4.50. The highest BCUT2D eigenvalue weighted by Gasteiger charge is 2.03. The summed E-state index contributed by atoms with van der Waals surface area (Å²) < 4.78 is 22.7. The normalized spacial score (nSPS) is 14.5. The van der Waals surface area contributed by atoms with Crippen LogP contribution in [0.2, 0.25) is 0 Å². The van der Waals surface area contributed by atoms with Crippen LogP contribution >= 0.6 is 20.7 Å². The minimum Gasteiger partial charge on any atom is -0.454 e. The average molecular weight is 302 g/mol. The van der Waals surface area contributed by atoms with Crippen LogP contribution in [0.4, 0.5) is 4.39 Å². The highest BCUT2D eigenvalue weighted by Crippen LogP contribution is 2.20. The molecule has 3 heteroatoms. The predicted molar refractivity (Wildman–Crippen MR) is 64.3 cm³/mol. The third-order valence-electron chi connectivity index (χ3n) is 1.66. The van der Waals surface area contributed by atoms with Gasteiger partial charge in [-0.2, -0.15) is 0 Å². The summed E-state index contributed by atoms with van der Waals surface area (Å²) in [7, 11) is 0. The standard InChI is InChI=1S/C11H8FIO/c12-10-3-1-2-4-11(10)14-9-5-7-13-8-6-9/h1-8H. The Morgan fingerprint density at radius 1 is 1.21 bits per heavy atom. The van der Waals surface area contributed by atoms with E-state index in [2.05, 4.69) is 8.09 Å². The van der Waals surface area contributed by atoms with Gasteiger partial charge in [0, 0.05) is 0 Å². The first-order valence-electron chi connectivity index (χ1n) is 4.11. The van der Waals surface area contributed by atoms with Gasteiger partial charge in [0.1, 0.15) is 5.76 Å². The first kappa shape index (κ1) is 9.58. The zero-order valence-corrected chi connectivity index (χ0v) is 9.44. The highest BCUT2D eigenvalue weighted by atomic mass is 127. The van der Waals surface area contributed by atoms with Crippen molar-refractivity contribution < 1.29 is 9.13 Å². The van der Waals surface area contributed by atoms with Gasteiger partial charge in [0.05, 0.1) is 0 Å². The Kier molecular flexibility index (Phi) is 3.08. The SMILES string of the molecule is Fc1ccccc1OC1=CC=IC=C1. The van der Waals surface area contributed by atoms with E-state index in [1.165, 1.54) is 6.07 Å². The molecule has 14 heavy (non-hydrogen) atoms. The van der Waals surface area contributed by atoms with Crippen molar-refractivity contribution in [2.75, 3.05) is 0 Å².